The second-order valence-electron chi connectivity index (χ2n) is 6.82. The van der Waals surface area contributed by atoms with E-state index in [1.807, 2.05) is 52.0 Å². The Hall–Kier alpha value is -2.37. The molecular weight excluding hydrogens is 318 g/mol. The molecule has 25 heavy (non-hydrogen) atoms. The molecule has 1 aromatic carbocycles. The van der Waals surface area contributed by atoms with Gasteiger partial charge in [-0.25, -0.2) is 0 Å². The van der Waals surface area contributed by atoms with Crippen molar-refractivity contribution in [2.75, 3.05) is 24.5 Å². The first-order chi connectivity index (χ1) is 11.8. The van der Waals surface area contributed by atoms with Gasteiger partial charge in [-0.2, -0.15) is 0 Å². The van der Waals surface area contributed by atoms with Gasteiger partial charge in [0.2, 0.25) is 17.7 Å². The lowest BCUT2D eigenvalue weighted by atomic mass is 10.1. The van der Waals surface area contributed by atoms with Crippen molar-refractivity contribution in [3.63, 3.8) is 0 Å². The second kappa shape index (κ2) is 8.14. The van der Waals surface area contributed by atoms with Crippen molar-refractivity contribution in [1.82, 2.24) is 10.2 Å². The first kappa shape index (κ1) is 19.0. The van der Waals surface area contributed by atoms with E-state index >= 15 is 0 Å². The molecule has 1 N–H and O–H groups in total. The lowest BCUT2D eigenvalue weighted by Crippen LogP contribution is -2.45. The Bertz CT molecular complexity index is 640. The molecule has 1 fully saturated rings. The molecule has 1 aliphatic heterocycles. The molecule has 6 heteroatoms. The minimum atomic E-state index is -0.402. The highest BCUT2D eigenvalue weighted by Gasteiger charge is 2.37. The first-order valence-electron chi connectivity index (χ1n) is 8.77. The topological polar surface area (TPSA) is 69.7 Å². The lowest BCUT2D eigenvalue weighted by Gasteiger charge is -2.24. The van der Waals surface area contributed by atoms with Crippen molar-refractivity contribution in [3.8, 4) is 0 Å². The standard InChI is InChI=1S/C19H27N3O3/c1-5-21(12-17(23)20-13(2)3)19(25)15-10-18(24)22(11-15)16-8-6-14(4)7-9-16/h6-9,13,15H,5,10-12H2,1-4H3,(H,20,23). The Balaban J connectivity index is 2.03. The number of nitrogens with zero attached hydrogens (tertiary/aromatic N) is 2. The van der Waals surface area contributed by atoms with E-state index in [0.717, 1.165) is 11.3 Å². The number of carbonyl (C=O) groups is 3. The number of rotatable bonds is 6. The van der Waals surface area contributed by atoms with Crippen LogP contribution in [0.15, 0.2) is 24.3 Å². The third-order valence-electron chi connectivity index (χ3n) is 4.30. The molecule has 1 aliphatic rings. The van der Waals surface area contributed by atoms with Gasteiger partial charge in [0.05, 0.1) is 12.5 Å². The average Bonchev–Trinajstić information content (AvgIpc) is 2.94. The van der Waals surface area contributed by atoms with E-state index in [1.54, 1.807) is 4.90 Å². The van der Waals surface area contributed by atoms with Crippen molar-refractivity contribution < 1.29 is 14.4 Å². The van der Waals surface area contributed by atoms with E-state index in [9.17, 15) is 14.4 Å². The van der Waals surface area contributed by atoms with Crippen molar-refractivity contribution in [2.45, 2.75) is 40.2 Å². The molecule has 1 atom stereocenters. The summed E-state index contributed by atoms with van der Waals surface area (Å²) in [6, 6.07) is 7.73. The Morgan fingerprint density at radius 2 is 1.92 bits per heavy atom. The predicted molar refractivity (Wildman–Crippen MR) is 97.2 cm³/mol. The Morgan fingerprint density at radius 1 is 1.28 bits per heavy atom. The van der Waals surface area contributed by atoms with Crippen molar-refractivity contribution in [3.05, 3.63) is 29.8 Å². The summed E-state index contributed by atoms with van der Waals surface area (Å²) in [5.74, 6) is -0.764. The predicted octanol–water partition coefficient (Wildman–Crippen LogP) is 1.72. The lowest BCUT2D eigenvalue weighted by molar-refractivity contribution is -0.139. The number of hydrogen-bond acceptors (Lipinski definition) is 3. The fraction of sp³-hybridized carbons (Fsp3) is 0.526. The van der Waals surface area contributed by atoms with Crippen LogP contribution in [0.1, 0.15) is 32.8 Å². The van der Waals surface area contributed by atoms with Crippen LogP contribution in [0, 0.1) is 12.8 Å². The number of hydrogen-bond donors (Lipinski definition) is 1. The molecule has 0 saturated carbocycles. The van der Waals surface area contributed by atoms with Crippen molar-refractivity contribution in [1.29, 1.82) is 0 Å². The molecule has 136 valence electrons. The van der Waals surface area contributed by atoms with Crippen LogP contribution in [0.25, 0.3) is 0 Å². The van der Waals surface area contributed by atoms with Gasteiger partial charge < -0.3 is 15.1 Å². The van der Waals surface area contributed by atoms with E-state index in [1.165, 1.54) is 4.90 Å². The summed E-state index contributed by atoms with van der Waals surface area (Å²) in [4.78, 5) is 40.2. The number of likely N-dealkylation sites (N-methyl/N-ethyl adjacent to an activating group) is 1. The molecule has 0 radical (unpaired) electrons. The quantitative estimate of drug-likeness (QED) is 0.853. The van der Waals surface area contributed by atoms with Crippen LogP contribution in [-0.2, 0) is 14.4 Å². The average molecular weight is 345 g/mol. The van der Waals surface area contributed by atoms with Gasteiger partial charge >= 0.3 is 0 Å². The maximum Gasteiger partial charge on any atom is 0.239 e. The summed E-state index contributed by atoms with van der Waals surface area (Å²) in [5, 5.41) is 2.79. The molecule has 1 saturated heterocycles. The third kappa shape index (κ3) is 4.81. The van der Waals surface area contributed by atoms with Crippen LogP contribution in [0.2, 0.25) is 0 Å². The Morgan fingerprint density at radius 3 is 2.48 bits per heavy atom. The zero-order valence-electron chi connectivity index (χ0n) is 15.4. The molecular formula is C19H27N3O3. The van der Waals surface area contributed by atoms with Crippen LogP contribution in [0.5, 0.6) is 0 Å². The summed E-state index contributed by atoms with van der Waals surface area (Å²) in [6.45, 7) is 8.43. The monoisotopic (exact) mass is 345 g/mol. The van der Waals surface area contributed by atoms with E-state index in [2.05, 4.69) is 5.32 Å². The number of benzene rings is 1. The molecule has 1 unspecified atom stereocenters. The molecule has 0 bridgehead atoms. The highest BCUT2D eigenvalue weighted by atomic mass is 16.2. The van der Waals surface area contributed by atoms with Gasteiger partial charge in [0.15, 0.2) is 0 Å². The van der Waals surface area contributed by atoms with E-state index in [0.29, 0.717) is 13.1 Å². The molecule has 0 aromatic heterocycles. The van der Waals surface area contributed by atoms with E-state index in [-0.39, 0.29) is 36.7 Å². The van der Waals surface area contributed by atoms with Gasteiger partial charge in [0, 0.05) is 31.2 Å². The molecule has 2 rings (SSSR count). The van der Waals surface area contributed by atoms with Gasteiger partial charge in [-0.1, -0.05) is 17.7 Å². The minimum Gasteiger partial charge on any atom is -0.352 e. The van der Waals surface area contributed by atoms with Crippen molar-refractivity contribution in [2.24, 2.45) is 5.92 Å². The minimum absolute atomic E-state index is 0.0305. The normalized spacial score (nSPS) is 17.1. The zero-order valence-corrected chi connectivity index (χ0v) is 15.4. The van der Waals surface area contributed by atoms with Crippen LogP contribution in [-0.4, -0.2) is 48.3 Å². The van der Waals surface area contributed by atoms with Crippen LogP contribution in [0.3, 0.4) is 0 Å². The Kier molecular flexibility index (Phi) is 6.17. The summed E-state index contributed by atoms with van der Waals surface area (Å²) in [7, 11) is 0. The highest BCUT2D eigenvalue weighted by Crippen LogP contribution is 2.26. The summed E-state index contributed by atoms with van der Waals surface area (Å²) >= 11 is 0. The number of nitrogens with one attached hydrogen (secondary N) is 1. The fourth-order valence-electron chi connectivity index (χ4n) is 2.99. The Labute approximate surface area is 149 Å². The summed E-state index contributed by atoms with van der Waals surface area (Å²) < 4.78 is 0. The molecule has 0 aliphatic carbocycles. The van der Waals surface area contributed by atoms with Crippen molar-refractivity contribution >= 4 is 23.4 Å². The molecule has 1 aromatic rings. The second-order valence-corrected chi connectivity index (χ2v) is 6.82. The van der Waals surface area contributed by atoms with E-state index in [4.69, 9.17) is 0 Å². The molecule has 6 nitrogen and oxygen atoms in total. The number of aryl methyl sites for hydroxylation is 1. The van der Waals surface area contributed by atoms with E-state index < -0.39 is 5.92 Å². The number of amides is 3. The fourth-order valence-corrected chi connectivity index (χ4v) is 2.99. The highest BCUT2D eigenvalue weighted by molar-refractivity contribution is 6.00. The largest absolute Gasteiger partial charge is 0.352 e. The number of anilines is 1. The van der Waals surface area contributed by atoms with Crippen LogP contribution in [0.4, 0.5) is 5.69 Å². The SMILES string of the molecule is CCN(CC(=O)NC(C)C)C(=O)C1CC(=O)N(c2ccc(C)cc2)C1. The molecule has 3 amide bonds. The third-order valence-corrected chi connectivity index (χ3v) is 4.30. The van der Waals surface area contributed by atoms with Gasteiger partial charge in [0.25, 0.3) is 0 Å². The van der Waals surface area contributed by atoms with Gasteiger partial charge in [-0.3, -0.25) is 14.4 Å². The maximum atomic E-state index is 12.7. The first-order valence-corrected chi connectivity index (χ1v) is 8.77. The zero-order chi connectivity index (χ0) is 18.6. The van der Waals surface area contributed by atoms with Crippen LogP contribution >= 0.6 is 0 Å². The summed E-state index contributed by atoms with van der Waals surface area (Å²) in [5.41, 5.74) is 1.93. The van der Waals surface area contributed by atoms with Gasteiger partial charge in [0.1, 0.15) is 0 Å². The van der Waals surface area contributed by atoms with Crippen LogP contribution < -0.4 is 10.2 Å². The number of carbonyl (C=O) groups excluding carboxylic acids is 3. The molecule has 1 heterocycles. The van der Waals surface area contributed by atoms with Gasteiger partial charge in [-0.05, 0) is 39.8 Å². The smallest absolute Gasteiger partial charge is 0.239 e. The van der Waals surface area contributed by atoms with Gasteiger partial charge in [-0.15, -0.1) is 0 Å². The molecule has 0 spiro atoms. The maximum absolute atomic E-state index is 12.7. The summed E-state index contributed by atoms with van der Waals surface area (Å²) in [6.07, 6.45) is 0.189.